The third kappa shape index (κ3) is 1.71. The summed E-state index contributed by atoms with van der Waals surface area (Å²) in [7, 11) is 0. The summed E-state index contributed by atoms with van der Waals surface area (Å²) >= 11 is 0. The second-order valence-corrected chi connectivity index (χ2v) is 2.78. The zero-order valence-corrected chi connectivity index (χ0v) is 6.58. The van der Waals surface area contributed by atoms with Crippen LogP contribution in [0.15, 0.2) is 35.7 Å². The monoisotopic (exact) mass is 152 g/mol. The highest BCUT2D eigenvalue weighted by Gasteiger charge is 2.21. The first-order valence-corrected chi connectivity index (χ1v) is 3.53. The van der Waals surface area contributed by atoms with E-state index in [1.165, 1.54) is 0 Å². The minimum absolute atomic E-state index is 0.534. The third-order valence-corrected chi connectivity index (χ3v) is 1.68. The minimum Gasteiger partial charge on any atom is -0.472 e. The van der Waals surface area contributed by atoms with E-state index >= 15 is 0 Å². The lowest BCUT2D eigenvalue weighted by Crippen LogP contribution is -2.18. The van der Waals surface area contributed by atoms with Crippen molar-refractivity contribution in [2.45, 2.75) is 18.9 Å². The van der Waals surface area contributed by atoms with Gasteiger partial charge in [0.05, 0.1) is 18.1 Å². The SMILES string of the molecule is C=CCC(C)(O)c1ccoc1. The van der Waals surface area contributed by atoms with Gasteiger partial charge in [0.2, 0.25) is 0 Å². The molecule has 1 atom stereocenters. The van der Waals surface area contributed by atoms with Gasteiger partial charge in [-0.1, -0.05) is 6.08 Å². The topological polar surface area (TPSA) is 33.4 Å². The highest BCUT2D eigenvalue weighted by atomic mass is 16.3. The van der Waals surface area contributed by atoms with E-state index in [1.54, 1.807) is 31.6 Å². The highest BCUT2D eigenvalue weighted by molar-refractivity contribution is 5.15. The van der Waals surface area contributed by atoms with E-state index < -0.39 is 5.60 Å². The molecule has 0 fully saturated rings. The molecule has 0 bridgehead atoms. The van der Waals surface area contributed by atoms with Crippen molar-refractivity contribution in [2.24, 2.45) is 0 Å². The van der Waals surface area contributed by atoms with Gasteiger partial charge >= 0.3 is 0 Å². The molecular formula is C9H12O2. The maximum absolute atomic E-state index is 9.74. The van der Waals surface area contributed by atoms with Crippen molar-refractivity contribution in [1.82, 2.24) is 0 Å². The number of rotatable bonds is 3. The molecule has 0 radical (unpaired) electrons. The molecule has 0 aliphatic heterocycles. The highest BCUT2D eigenvalue weighted by Crippen LogP contribution is 2.24. The second-order valence-electron chi connectivity index (χ2n) is 2.78. The summed E-state index contributed by atoms with van der Waals surface area (Å²) in [5, 5.41) is 9.74. The van der Waals surface area contributed by atoms with Gasteiger partial charge in [0.1, 0.15) is 0 Å². The molecule has 0 aliphatic rings. The fraction of sp³-hybridized carbons (Fsp3) is 0.333. The first-order chi connectivity index (χ1) is 5.17. The van der Waals surface area contributed by atoms with Crippen LogP contribution in [-0.2, 0) is 5.60 Å². The van der Waals surface area contributed by atoms with Crippen LogP contribution in [-0.4, -0.2) is 5.11 Å². The molecule has 11 heavy (non-hydrogen) atoms. The van der Waals surface area contributed by atoms with Crippen molar-refractivity contribution >= 4 is 0 Å². The van der Waals surface area contributed by atoms with E-state index in [9.17, 15) is 5.11 Å². The molecule has 1 unspecified atom stereocenters. The first-order valence-electron chi connectivity index (χ1n) is 3.53. The number of hydrogen-bond donors (Lipinski definition) is 1. The largest absolute Gasteiger partial charge is 0.472 e. The summed E-state index contributed by atoms with van der Waals surface area (Å²) in [6, 6.07) is 1.75. The quantitative estimate of drug-likeness (QED) is 0.672. The normalized spacial score (nSPS) is 15.8. The summed E-state index contributed by atoms with van der Waals surface area (Å²) in [6.07, 6.45) is 5.32. The lowest BCUT2D eigenvalue weighted by atomic mass is 9.95. The van der Waals surface area contributed by atoms with Crippen molar-refractivity contribution in [3.05, 3.63) is 36.8 Å². The summed E-state index contributed by atoms with van der Waals surface area (Å²) in [5.41, 5.74) is -0.0493. The molecule has 1 rings (SSSR count). The van der Waals surface area contributed by atoms with Crippen molar-refractivity contribution in [2.75, 3.05) is 0 Å². The van der Waals surface area contributed by atoms with Crippen LogP contribution >= 0.6 is 0 Å². The van der Waals surface area contributed by atoms with E-state index in [4.69, 9.17) is 4.42 Å². The Hall–Kier alpha value is -1.02. The Morgan fingerprint density at radius 2 is 2.55 bits per heavy atom. The predicted octanol–water partition coefficient (Wildman–Crippen LogP) is 2.06. The van der Waals surface area contributed by atoms with Gasteiger partial charge in [0.25, 0.3) is 0 Å². The standard InChI is InChI=1S/C9H12O2/c1-3-5-9(2,10)8-4-6-11-7-8/h3-4,6-7,10H,1,5H2,2H3. The summed E-state index contributed by atoms with van der Waals surface area (Å²) in [4.78, 5) is 0. The molecule has 2 heteroatoms. The van der Waals surface area contributed by atoms with E-state index in [1.807, 2.05) is 0 Å². The van der Waals surface area contributed by atoms with Gasteiger partial charge in [-0.15, -0.1) is 6.58 Å². The molecule has 0 amide bonds. The Morgan fingerprint density at radius 3 is 3.00 bits per heavy atom. The average Bonchev–Trinajstić information content (AvgIpc) is 2.37. The molecule has 1 aromatic heterocycles. The number of hydrogen-bond acceptors (Lipinski definition) is 2. The fourth-order valence-electron chi connectivity index (χ4n) is 0.970. The first kappa shape index (κ1) is 8.08. The smallest absolute Gasteiger partial charge is 0.0963 e. The second kappa shape index (κ2) is 2.93. The molecule has 1 aromatic rings. The van der Waals surface area contributed by atoms with E-state index in [-0.39, 0.29) is 0 Å². The molecule has 2 nitrogen and oxygen atoms in total. The molecule has 0 saturated carbocycles. The molecule has 0 aliphatic carbocycles. The lowest BCUT2D eigenvalue weighted by molar-refractivity contribution is 0.0600. The van der Waals surface area contributed by atoms with Gasteiger partial charge in [-0.25, -0.2) is 0 Å². The Balaban J connectivity index is 2.81. The molecule has 1 N–H and O–H groups in total. The maximum atomic E-state index is 9.74. The Kier molecular flexibility index (Phi) is 2.15. The Morgan fingerprint density at radius 1 is 1.82 bits per heavy atom. The molecular weight excluding hydrogens is 140 g/mol. The molecule has 0 saturated heterocycles. The van der Waals surface area contributed by atoms with Crippen LogP contribution in [0.3, 0.4) is 0 Å². The number of aliphatic hydroxyl groups is 1. The van der Waals surface area contributed by atoms with Crippen LogP contribution in [0.25, 0.3) is 0 Å². The fourth-order valence-corrected chi connectivity index (χ4v) is 0.970. The van der Waals surface area contributed by atoms with Crippen molar-refractivity contribution < 1.29 is 9.52 Å². The predicted molar refractivity (Wildman–Crippen MR) is 43.1 cm³/mol. The van der Waals surface area contributed by atoms with Crippen LogP contribution in [0.2, 0.25) is 0 Å². The van der Waals surface area contributed by atoms with Gasteiger partial charge in [-0.3, -0.25) is 0 Å². The minimum atomic E-state index is -0.839. The van der Waals surface area contributed by atoms with Crippen molar-refractivity contribution in [3.63, 3.8) is 0 Å². The summed E-state index contributed by atoms with van der Waals surface area (Å²) in [6.45, 7) is 5.30. The Labute approximate surface area is 66.2 Å². The van der Waals surface area contributed by atoms with E-state index in [0.29, 0.717) is 6.42 Å². The van der Waals surface area contributed by atoms with Crippen molar-refractivity contribution in [1.29, 1.82) is 0 Å². The Bertz CT molecular complexity index is 222. The van der Waals surface area contributed by atoms with E-state index in [0.717, 1.165) is 5.56 Å². The third-order valence-electron chi connectivity index (χ3n) is 1.68. The van der Waals surface area contributed by atoms with Crippen molar-refractivity contribution in [3.8, 4) is 0 Å². The lowest BCUT2D eigenvalue weighted by Gasteiger charge is -2.18. The van der Waals surface area contributed by atoms with Gasteiger partial charge < -0.3 is 9.52 Å². The molecule has 60 valence electrons. The van der Waals surface area contributed by atoms with Crippen LogP contribution in [0.1, 0.15) is 18.9 Å². The maximum Gasteiger partial charge on any atom is 0.0963 e. The van der Waals surface area contributed by atoms with Crippen LogP contribution < -0.4 is 0 Å². The van der Waals surface area contributed by atoms with E-state index in [2.05, 4.69) is 6.58 Å². The summed E-state index contributed by atoms with van der Waals surface area (Å²) < 4.78 is 4.85. The number of furan rings is 1. The van der Waals surface area contributed by atoms with Gasteiger partial charge in [-0.05, 0) is 19.4 Å². The molecule has 0 spiro atoms. The van der Waals surface area contributed by atoms with Gasteiger partial charge in [0.15, 0.2) is 0 Å². The van der Waals surface area contributed by atoms with Crippen LogP contribution in [0.5, 0.6) is 0 Å². The van der Waals surface area contributed by atoms with Crippen LogP contribution in [0.4, 0.5) is 0 Å². The average molecular weight is 152 g/mol. The van der Waals surface area contributed by atoms with Crippen LogP contribution in [0, 0.1) is 0 Å². The van der Waals surface area contributed by atoms with Gasteiger partial charge in [0, 0.05) is 5.56 Å². The zero-order valence-electron chi connectivity index (χ0n) is 6.58. The zero-order chi connectivity index (χ0) is 8.32. The molecule has 1 heterocycles. The summed E-state index contributed by atoms with van der Waals surface area (Å²) in [5.74, 6) is 0. The molecule has 0 aromatic carbocycles. The van der Waals surface area contributed by atoms with Gasteiger partial charge in [-0.2, -0.15) is 0 Å².